The van der Waals surface area contributed by atoms with Crippen LogP contribution in [0.1, 0.15) is 33.6 Å². The van der Waals surface area contributed by atoms with Gasteiger partial charge in [-0.1, -0.05) is 0 Å². The highest BCUT2D eigenvalue weighted by Crippen LogP contribution is 2.64. The summed E-state index contributed by atoms with van der Waals surface area (Å²) >= 11 is 0. The molecule has 0 saturated heterocycles. The van der Waals surface area contributed by atoms with Crippen molar-refractivity contribution in [3.63, 3.8) is 0 Å². The molecule has 2 aliphatic rings. The quantitative estimate of drug-likeness (QED) is 0.660. The summed E-state index contributed by atoms with van der Waals surface area (Å²) in [5.41, 5.74) is 5.59. The van der Waals surface area contributed by atoms with Gasteiger partial charge in [0.15, 0.2) is 0 Å². The lowest BCUT2D eigenvalue weighted by Gasteiger charge is -2.19. The van der Waals surface area contributed by atoms with Gasteiger partial charge in [0, 0.05) is 17.5 Å². The third kappa shape index (κ3) is 1.71. The fraction of sp³-hybridized carbons (Fsp3) is 0.900. The maximum Gasteiger partial charge on any atom is 0.407 e. The SMILES string of the molecule is CC(C)(C)OC(=O)NC1CC12CC2N. The van der Waals surface area contributed by atoms with Crippen LogP contribution >= 0.6 is 0 Å². The lowest BCUT2D eigenvalue weighted by atomic mass is 10.2. The Morgan fingerprint density at radius 1 is 1.50 bits per heavy atom. The molecular formula is C10H18N2O2. The van der Waals surface area contributed by atoms with E-state index < -0.39 is 5.60 Å². The van der Waals surface area contributed by atoms with Crippen molar-refractivity contribution in [1.82, 2.24) is 5.32 Å². The first-order chi connectivity index (χ1) is 6.33. The van der Waals surface area contributed by atoms with Crippen molar-refractivity contribution in [2.45, 2.75) is 51.3 Å². The van der Waals surface area contributed by atoms with E-state index in [1.165, 1.54) is 0 Å². The zero-order valence-corrected chi connectivity index (χ0v) is 8.96. The van der Waals surface area contributed by atoms with E-state index in [0.29, 0.717) is 6.04 Å². The van der Waals surface area contributed by atoms with Crippen molar-refractivity contribution < 1.29 is 9.53 Å². The van der Waals surface area contributed by atoms with Gasteiger partial charge in [0.05, 0.1) is 0 Å². The minimum absolute atomic E-state index is 0.247. The minimum atomic E-state index is -0.419. The topological polar surface area (TPSA) is 64.3 Å². The lowest BCUT2D eigenvalue weighted by molar-refractivity contribution is 0.0520. The smallest absolute Gasteiger partial charge is 0.407 e. The predicted octanol–water partition coefficient (Wildman–Crippen LogP) is 1.00. The van der Waals surface area contributed by atoms with Crippen molar-refractivity contribution >= 4 is 6.09 Å². The predicted molar refractivity (Wildman–Crippen MR) is 52.8 cm³/mol. The molecular weight excluding hydrogens is 180 g/mol. The van der Waals surface area contributed by atoms with Crippen molar-refractivity contribution in [3.05, 3.63) is 0 Å². The number of ether oxygens (including phenoxy) is 1. The molecule has 0 aromatic rings. The lowest BCUT2D eigenvalue weighted by Crippen LogP contribution is -2.34. The van der Waals surface area contributed by atoms with Gasteiger partial charge in [0.25, 0.3) is 0 Å². The molecule has 1 spiro atoms. The summed E-state index contributed by atoms with van der Waals surface area (Å²) in [5.74, 6) is 0. The molecule has 4 heteroatoms. The number of carbonyl (C=O) groups excluding carboxylic acids is 1. The Kier molecular flexibility index (Phi) is 1.83. The first kappa shape index (κ1) is 9.77. The van der Waals surface area contributed by atoms with Gasteiger partial charge in [-0.15, -0.1) is 0 Å². The van der Waals surface area contributed by atoms with Crippen molar-refractivity contribution in [1.29, 1.82) is 0 Å². The normalized spacial score (nSPS) is 39.4. The molecule has 2 fully saturated rings. The number of rotatable bonds is 1. The second-order valence-electron chi connectivity index (χ2n) is 5.45. The molecule has 4 nitrogen and oxygen atoms in total. The summed E-state index contributed by atoms with van der Waals surface area (Å²) < 4.78 is 5.15. The Labute approximate surface area is 84.2 Å². The number of amides is 1. The Balaban J connectivity index is 1.75. The van der Waals surface area contributed by atoms with Crippen LogP contribution in [0, 0.1) is 5.41 Å². The average molecular weight is 198 g/mol. The zero-order chi connectivity index (χ0) is 10.6. The molecule has 1 amide bonds. The van der Waals surface area contributed by atoms with E-state index in [1.807, 2.05) is 20.8 Å². The molecule has 0 bridgehead atoms. The maximum absolute atomic E-state index is 11.4. The molecule has 80 valence electrons. The van der Waals surface area contributed by atoms with Gasteiger partial charge >= 0.3 is 6.09 Å². The largest absolute Gasteiger partial charge is 0.444 e. The molecule has 0 aromatic carbocycles. The minimum Gasteiger partial charge on any atom is -0.444 e. The van der Waals surface area contributed by atoms with Crippen LogP contribution in [0.3, 0.4) is 0 Å². The molecule has 3 N–H and O–H groups in total. The third-order valence-electron chi connectivity index (χ3n) is 2.99. The maximum atomic E-state index is 11.4. The summed E-state index contributed by atoms with van der Waals surface area (Å²) in [4.78, 5) is 11.4. The number of hydrogen-bond donors (Lipinski definition) is 2. The number of hydrogen-bond acceptors (Lipinski definition) is 3. The van der Waals surface area contributed by atoms with Gasteiger partial charge in [-0.3, -0.25) is 0 Å². The highest BCUT2D eigenvalue weighted by Gasteiger charge is 2.69. The molecule has 14 heavy (non-hydrogen) atoms. The Hall–Kier alpha value is -0.770. The first-order valence-corrected chi connectivity index (χ1v) is 5.09. The molecule has 0 aromatic heterocycles. The zero-order valence-electron chi connectivity index (χ0n) is 8.96. The van der Waals surface area contributed by atoms with Crippen LogP contribution in [-0.2, 0) is 4.74 Å². The third-order valence-corrected chi connectivity index (χ3v) is 2.99. The van der Waals surface area contributed by atoms with Gasteiger partial charge in [-0.05, 0) is 33.6 Å². The summed E-state index contributed by atoms with van der Waals surface area (Å²) in [6.07, 6.45) is 1.75. The number of alkyl carbamates (subject to hydrolysis) is 1. The molecule has 2 aliphatic carbocycles. The van der Waals surface area contributed by atoms with Gasteiger partial charge < -0.3 is 15.8 Å². The molecule has 3 unspecified atom stereocenters. The monoisotopic (exact) mass is 198 g/mol. The standard InChI is InChI=1S/C10H18N2O2/c1-9(2,3)14-8(13)12-7-5-10(7)4-6(10)11/h6-7H,4-5,11H2,1-3H3,(H,12,13). The summed E-state index contributed by atoms with van der Waals surface area (Å²) in [6, 6.07) is 0.551. The highest BCUT2D eigenvalue weighted by molar-refractivity contribution is 5.69. The fourth-order valence-electron chi connectivity index (χ4n) is 1.95. The molecule has 0 radical (unpaired) electrons. The Bertz CT molecular complexity index is 272. The van der Waals surface area contributed by atoms with Crippen LogP contribution in [0.15, 0.2) is 0 Å². The van der Waals surface area contributed by atoms with Crippen molar-refractivity contribution in [3.8, 4) is 0 Å². The van der Waals surface area contributed by atoms with Crippen LogP contribution < -0.4 is 11.1 Å². The molecule has 0 heterocycles. The van der Waals surface area contributed by atoms with Crippen LogP contribution in [-0.4, -0.2) is 23.8 Å². The second kappa shape index (κ2) is 2.63. The molecule has 0 aliphatic heterocycles. The van der Waals surface area contributed by atoms with Crippen LogP contribution in [0.25, 0.3) is 0 Å². The van der Waals surface area contributed by atoms with Crippen LogP contribution in [0.5, 0.6) is 0 Å². The van der Waals surface area contributed by atoms with E-state index in [2.05, 4.69) is 5.32 Å². The van der Waals surface area contributed by atoms with E-state index in [9.17, 15) is 4.79 Å². The average Bonchev–Trinajstić information content (AvgIpc) is 2.73. The highest BCUT2D eigenvalue weighted by atomic mass is 16.6. The van der Waals surface area contributed by atoms with Crippen molar-refractivity contribution in [2.75, 3.05) is 0 Å². The summed E-state index contributed by atoms with van der Waals surface area (Å²) in [6.45, 7) is 5.58. The van der Waals surface area contributed by atoms with Crippen LogP contribution in [0.2, 0.25) is 0 Å². The van der Waals surface area contributed by atoms with E-state index in [1.54, 1.807) is 0 Å². The fourth-order valence-corrected chi connectivity index (χ4v) is 1.95. The second-order valence-corrected chi connectivity index (χ2v) is 5.45. The summed E-state index contributed by atoms with van der Waals surface area (Å²) in [7, 11) is 0. The van der Waals surface area contributed by atoms with E-state index in [-0.39, 0.29) is 17.6 Å². The molecule has 3 atom stereocenters. The summed E-state index contributed by atoms with van der Waals surface area (Å²) in [5, 5.41) is 2.85. The number of nitrogens with one attached hydrogen (secondary N) is 1. The number of nitrogens with two attached hydrogens (primary N) is 1. The first-order valence-electron chi connectivity index (χ1n) is 5.09. The van der Waals surface area contributed by atoms with Gasteiger partial charge in [-0.2, -0.15) is 0 Å². The van der Waals surface area contributed by atoms with E-state index >= 15 is 0 Å². The van der Waals surface area contributed by atoms with E-state index in [4.69, 9.17) is 10.5 Å². The van der Waals surface area contributed by atoms with Crippen molar-refractivity contribution in [2.24, 2.45) is 11.1 Å². The van der Waals surface area contributed by atoms with Gasteiger partial charge in [0.2, 0.25) is 0 Å². The van der Waals surface area contributed by atoms with Gasteiger partial charge in [-0.25, -0.2) is 4.79 Å². The molecule has 2 rings (SSSR count). The number of carbonyl (C=O) groups is 1. The van der Waals surface area contributed by atoms with E-state index in [0.717, 1.165) is 12.8 Å². The Morgan fingerprint density at radius 2 is 2.07 bits per heavy atom. The van der Waals surface area contributed by atoms with Gasteiger partial charge in [0.1, 0.15) is 5.60 Å². The Morgan fingerprint density at radius 3 is 2.43 bits per heavy atom. The van der Waals surface area contributed by atoms with Crippen LogP contribution in [0.4, 0.5) is 4.79 Å². The molecule has 2 saturated carbocycles.